The van der Waals surface area contributed by atoms with Crippen molar-refractivity contribution in [1.82, 2.24) is 0 Å². The van der Waals surface area contributed by atoms with Crippen LogP contribution in [0.4, 0.5) is 5.69 Å². The molecule has 4 heteroatoms. The zero-order valence-electron chi connectivity index (χ0n) is 7.54. The van der Waals surface area contributed by atoms with Gasteiger partial charge < -0.3 is 10.5 Å². The fourth-order valence-electron chi connectivity index (χ4n) is 0.902. The quantitative estimate of drug-likeness (QED) is 0.590. The summed E-state index contributed by atoms with van der Waals surface area (Å²) in [5, 5.41) is 0.518. The number of thiol groups is 1. The van der Waals surface area contributed by atoms with Crippen molar-refractivity contribution >= 4 is 29.9 Å². The molecule has 2 N–H and O–H groups in total. The lowest BCUT2D eigenvalue weighted by Gasteiger charge is -2.12. The highest BCUT2D eigenvalue weighted by Crippen LogP contribution is 2.32. The average molecular weight is 218 g/mol. The van der Waals surface area contributed by atoms with Crippen molar-refractivity contribution in [3.8, 4) is 5.75 Å². The van der Waals surface area contributed by atoms with Gasteiger partial charge in [-0.25, -0.2) is 0 Å². The van der Waals surface area contributed by atoms with Gasteiger partial charge in [0.2, 0.25) is 0 Å². The normalized spacial score (nSPS) is 10.5. The number of hydrogen-bond acceptors (Lipinski definition) is 3. The molecule has 1 rings (SSSR count). The van der Waals surface area contributed by atoms with Gasteiger partial charge in [-0.15, -0.1) is 12.6 Å². The van der Waals surface area contributed by atoms with E-state index in [2.05, 4.69) is 12.6 Å². The second-order valence-corrected chi connectivity index (χ2v) is 3.90. The summed E-state index contributed by atoms with van der Waals surface area (Å²) in [7, 11) is 0. The van der Waals surface area contributed by atoms with Crippen molar-refractivity contribution in [1.29, 1.82) is 0 Å². The molecular formula is C9H12ClNOS. The molecule has 1 aromatic carbocycles. The molecule has 0 spiro atoms. The van der Waals surface area contributed by atoms with Gasteiger partial charge in [-0.05, 0) is 26.0 Å². The van der Waals surface area contributed by atoms with E-state index in [1.807, 2.05) is 13.8 Å². The van der Waals surface area contributed by atoms with Gasteiger partial charge >= 0.3 is 0 Å². The molecule has 0 aromatic heterocycles. The van der Waals surface area contributed by atoms with Crippen molar-refractivity contribution in [2.24, 2.45) is 0 Å². The molecule has 0 bridgehead atoms. The zero-order chi connectivity index (χ0) is 10.0. The van der Waals surface area contributed by atoms with Gasteiger partial charge in [-0.3, -0.25) is 0 Å². The fraction of sp³-hybridized carbons (Fsp3) is 0.333. The molecule has 0 heterocycles. The SMILES string of the molecule is CC(C)Oc1cc(S)c(N)cc1Cl. The number of ether oxygens (including phenoxy) is 1. The van der Waals surface area contributed by atoms with E-state index in [4.69, 9.17) is 22.1 Å². The lowest BCUT2D eigenvalue weighted by molar-refractivity contribution is 0.242. The molecule has 0 saturated carbocycles. The summed E-state index contributed by atoms with van der Waals surface area (Å²) in [5.41, 5.74) is 6.16. The lowest BCUT2D eigenvalue weighted by atomic mass is 10.3. The van der Waals surface area contributed by atoms with Crippen LogP contribution in [-0.4, -0.2) is 6.10 Å². The maximum atomic E-state index is 5.91. The topological polar surface area (TPSA) is 35.2 Å². The Morgan fingerprint density at radius 1 is 1.46 bits per heavy atom. The number of rotatable bonds is 2. The molecule has 0 atom stereocenters. The number of nitrogens with two attached hydrogens (primary N) is 1. The van der Waals surface area contributed by atoms with Crippen LogP contribution in [0.25, 0.3) is 0 Å². The van der Waals surface area contributed by atoms with Crippen LogP contribution in [-0.2, 0) is 0 Å². The summed E-state index contributed by atoms with van der Waals surface area (Å²) < 4.78 is 5.44. The van der Waals surface area contributed by atoms with Gasteiger partial charge in [0.15, 0.2) is 0 Å². The smallest absolute Gasteiger partial charge is 0.139 e. The second kappa shape index (κ2) is 4.11. The summed E-state index contributed by atoms with van der Waals surface area (Å²) in [6.07, 6.45) is 0.0915. The molecule has 0 radical (unpaired) electrons. The highest BCUT2D eigenvalue weighted by atomic mass is 35.5. The van der Waals surface area contributed by atoms with E-state index in [9.17, 15) is 0 Å². The fourth-order valence-corrected chi connectivity index (χ4v) is 1.30. The van der Waals surface area contributed by atoms with Gasteiger partial charge in [0.25, 0.3) is 0 Å². The minimum Gasteiger partial charge on any atom is -0.489 e. The maximum absolute atomic E-state index is 5.91. The molecule has 0 aliphatic heterocycles. The highest BCUT2D eigenvalue weighted by molar-refractivity contribution is 7.80. The van der Waals surface area contributed by atoms with Crippen molar-refractivity contribution < 1.29 is 4.74 Å². The third-order valence-electron chi connectivity index (χ3n) is 1.44. The number of nitrogen functional groups attached to an aromatic ring is 1. The van der Waals surface area contributed by atoms with E-state index in [-0.39, 0.29) is 6.10 Å². The van der Waals surface area contributed by atoms with Gasteiger partial charge in [0.1, 0.15) is 5.75 Å². The van der Waals surface area contributed by atoms with Crippen LogP contribution < -0.4 is 10.5 Å². The van der Waals surface area contributed by atoms with Crippen LogP contribution in [0.2, 0.25) is 5.02 Å². The first-order chi connectivity index (χ1) is 6.00. The third kappa shape index (κ3) is 2.71. The molecule has 0 fully saturated rings. The molecule has 1 aromatic rings. The van der Waals surface area contributed by atoms with E-state index >= 15 is 0 Å². The zero-order valence-corrected chi connectivity index (χ0v) is 9.19. The summed E-state index contributed by atoms with van der Waals surface area (Å²) in [6, 6.07) is 3.36. The average Bonchev–Trinajstić information content (AvgIpc) is 1.99. The van der Waals surface area contributed by atoms with Gasteiger partial charge in [-0.2, -0.15) is 0 Å². The molecule has 0 aliphatic rings. The third-order valence-corrected chi connectivity index (χ3v) is 2.13. The van der Waals surface area contributed by atoms with Crippen LogP contribution in [0.15, 0.2) is 17.0 Å². The monoisotopic (exact) mass is 217 g/mol. The van der Waals surface area contributed by atoms with Crippen molar-refractivity contribution in [3.05, 3.63) is 17.2 Å². The number of halogens is 1. The van der Waals surface area contributed by atoms with Crippen LogP contribution >= 0.6 is 24.2 Å². The van der Waals surface area contributed by atoms with Crippen molar-refractivity contribution in [2.45, 2.75) is 24.8 Å². The largest absolute Gasteiger partial charge is 0.489 e. The summed E-state index contributed by atoms with van der Waals surface area (Å²) >= 11 is 10.1. The molecule has 0 unspecified atom stereocenters. The van der Waals surface area contributed by atoms with Crippen LogP contribution in [0.3, 0.4) is 0 Å². The summed E-state index contributed by atoms with van der Waals surface area (Å²) in [4.78, 5) is 0.681. The minimum atomic E-state index is 0.0915. The minimum absolute atomic E-state index is 0.0915. The van der Waals surface area contributed by atoms with Gasteiger partial charge in [0.05, 0.1) is 11.1 Å². The summed E-state index contributed by atoms with van der Waals surface area (Å²) in [5.74, 6) is 0.621. The van der Waals surface area contributed by atoms with E-state index in [1.54, 1.807) is 12.1 Å². The van der Waals surface area contributed by atoms with Crippen LogP contribution in [0.5, 0.6) is 5.75 Å². The van der Waals surface area contributed by atoms with Crippen LogP contribution in [0.1, 0.15) is 13.8 Å². The first-order valence-electron chi connectivity index (χ1n) is 3.95. The van der Waals surface area contributed by atoms with E-state index in [0.717, 1.165) is 0 Å². The molecular weight excluding hydrogens is 206 g/mol. The van der Waals surface area contributed by atoms with Crippen molar-refractivity contribution in [2.75, 3.05) is 5.73 Å². The standard InChI is InChI=1S/C9H12ClNOS/c1-5(2)12-8-4-9(13)7(11)3-6(8)10/h3-5,13H,11H2,1-2H3. The molecule has 0 aliphatic carbocycles. The Bertz CT molecular complexity index is 315. The molecule has 2 nitrogen and oxygen atoms in total. The molecule has 0 saturated heterocycles. The molecule has 72 valence electrons. The van der Waals surface area contributed by atoms with E-state index in [1.165, 1.54) is 0 Å². The van der Waals surface area contributed by atoms with Crippen LogP contribution in [0, 0.1) is 0 Å². The predicted octanol–water partition coefficient (Wildman–Crippen LogP) is 3.00. The van der Waals surface area contributed by atoms with Gasteiger partial charge in [0, 0.05) is 10.6 Å². The number of hydrogen-bond donors (Lipinski definition) is 2. The number of benzene rings is 1. The summed E-state index contributed by atoms with van der Waals surface area (Å²) in [6.45, 7) is 3.87. The number of anilines is 1. The van der Waals surface area contributed by atoms with E-state index in [0.29, 0.717) is 21.4 Å². The van der Waals surface area contributed by atoms with Crippen molar-refractivity contribution in [3.63, 3.8) is 0 Å². The maximum Gasteiger partial charge on any atom is 0.139 e. The lowest BCUT2D eigenvalue weighted by Crippen LogP contribution is -2.06. The predicted molar refractivity (Wildman–Crippen MR) is 58.9 cm³/mol. The highest BCUT2D eigenvalue weighted by Gasteiger charge is 2.06. The Labute approximate surface area is 88.4 Å². The second-order valence-electron chi connectivity index (χ2n) is 3.01. The van der Waals surface area contributed by atoms with Gasteiger partial charge in [-0.1, -0.05) is 11.6 Å². The first kappa shape index (κ1) is 10.5. The first-order valence-corrected chi connectivity index (χ1v) is 4.78. The Morgan fingerprint density at radius 3 is 2.62 bits per heavy atom. The Morgan fingerprint density at radius 2 is 2.08 bits per heavy atom. The van der Waals surface area contributed by atoms with E-state index < -0.39 is 0 Å². The molecule has 0 amide bonds. The Hall–Kier alpha value is -0.540. The Kier molecular flexibility index (Phi) is 3.33. The molecule has 13 heavy (non-hydrogen) atoms. The Balaban J connectivity index is 3.01.